The molecule has 7 heteroatoms. The Bertz CT molecular complexity index is 995. The predicted octanol–water partition coefficient (Wildman–Crippen LogP) is 4.17. The number of carbonyl (C=O) groups excluding carboxylic acids is 2. The van der Waals surface area contributed by atoms with Gasteiger partial charge in [-0.15, -0.1) is 0 Å². The quantitative estimate of drug-likeness (QED) is 0.507. The number of anilines is 1. The highest BCUT2D eigenvalue weighted by Gasteiger charge is 2.28. The van der Waals surface area contributed by atoms with Crippen LogP contribution in [-0.4, -0.2) is 36.9 Å². The van der Waals surface area contributed by atoms with Crippen LogP contribution in [0.4, 0.5) is 5.69 Å². The first-order valence-electron chi connectivity index (χ1n) is 10.1. The van der Waals surface area contributed by atoms with Crippen LogP contribution in [0.1, 0.15) is 40.7 Å². The molecule has 2 aliphatic heterocycles. The van der Waals surface area contributed by atoms with Gasteiger partial charge in [-0.05, 0) is 71.7 Å². The first-order chi connectivity index (χ1) is 14.5. The largest absolute Gasteiger partial charge is 0.496 e. The number of hydrogen-bond donors (Lipinski definition) is 2. The number of likely N-dealkylation sites (tertiary alicyclic amines) is 1. The summed E-state index contributed by atoms with van der Waals surface area (Å²) in [4.78, 5) is 27.2. The van der Waals surface area contributed by atoms with Gasteiger partial charge in [0.1, 0.15) is 5.75 Å². The Morgan fingerprint density at radius 1 is 1.07 bits per heavy atom. The van der Waals surface area contributed by atoms with E-state index in [2.05, 4.69) is 43.6 Å². The molecule has 4 rings (SSSR count). The van der Waals surface area contributed by atoms with Crippen LogP contribution < -0.4 is 15.4 Å². The number of amides is 2. The summed E-state index contributed by atoms with van der Waals surface area (Å²) in [6.45, 7) is 3.30. The zero-order valence-corrected chi connectivity index (χ0v) is 18.4. The first kappa shape index (κ1) is 20.6. The summed E-state index contributed by atoms with van der Waals surface area (Å²) in [5.41, 5.74) is 3.51. The van der Waals surface area contributed by atoms with E-state index in [1.54, 1.807) is 18.3 Å². The van der Waals surface area contributed by atoms with Crippen LogP contribution >= 0.6 is 15.9 Å². The lowest BCUT2D eigenvalue weighted by atomic mass is 9.95. The Balaban J connectivity index is 1.52. The molecule has 0 radical (unpaired) electrons. The number of nitrogens with zero attached hydrogens (tertiary/aromatic N) is 1. The molecule has 2 N–H and O–H groups in total. The van der Waals surface area contributed by atoms with E-state index in [0.29, 0.717) is 26.9 Å². The molecule has 1 saturated heterocycles. The van der Waals surface area contributed by atoms with Crippen molar-refractivity contribution < 1.29 is 14.3 Å². The Labute approximate surface area is 184 Å². The molecular formula is C23H24BrN3O3. The highest BCUT2D eigenvalue weighted by atomic mass is 79.9. The molecule has 2 heterocycles. The van der Waals surface area contributed by atoms with E-state index >= 15 is 0 Å². The Kier molecular flexibility index (Phi) is 6.20. The third-order valence-corrected chi connectivity index (χ3v) is 6.11. The highest BCUT2D eigenvalue weighted by Crippen LogP contribution is 2.34. The lowest BCUT2D eigenvalue weighted by molar-refractivity contribution is -0.114. The third-order valence-electron chi connectivity index (χ3n) is 5.49. The van der Waals surface area contributed by atoms with Gasteiger partial charge in [0, 0.05) is 24.0 Å². The molecule has 2 aromatic rings. The van der Waals surface area contributed by atoms with Crippen LogP contribution in [0.25, 0.3) is 5.57 Å². The minimum absolute atomic E-state index is 0.394. The number of nitrogens with one attached hydrogen (secondary N) is 2. The molecule has 2 aromatic carbocycles. The van der Waals surface area contributed by atoms with E-state index in [1.807, 2.05) is 12.1 Å². The minimum Gasteiger partial charge on any atom is -0.496 e. The molecule has 156 valence electrons. The zero-order chi connectivity index (χ0) is 21.1. The minimum atomic E-state index is -0.432. The lowest BCUT2D eigenvalue weighted by Crippen LogP contribution is -2.36. The van der Waals surface area contributed by atoms with Crippen molar-refractivity contribution in [2.75, 3.05) is 25.5 Å². The van der Waals surface area contributed by atoms with Crippen molar-refractivity contribution in [1.29, 1.82) is 0 Å². The zero-order valence-electron chi connectivity index (χ0n) is 16.8. The van der Waals surface area contributed by atoms with Gasteiger partial charge in [-0.25, -0.2) is 0 Å². The number of imide groups is 1. The van der Waals surface area contributed by atoms with Crippen LogP contribution in [0.15, 0.2) is 47.1 Å². The Morgan fingerprint density at radius 3 is 2.50 bits per heavy atom. The molecule has 6 nitrogen and oxygen atoms in total. The normalized spacial score (nSPS) is 18.1. The maximum atomic E-state index is 12.4. The van der Waals surface area contributed by atoms with Crippen molar-refractivity contribution in [3.8, 4) is 5.75 Å². The second-order valence-electron chi connectivity index (χ2n) is 7.55. The number of hydrogen-bond acceptors (Lipinski definition) is 5. The number of rotatable bonds is 5. The molecule has 0 unspecified atom stereocenters. The second kappa shape index (κ2) is 9.02. The number of carbonyl (C=O) groups is 2. The first-order valence-corrected chi connectivity index (χ1v) is 10.9. The van der Waals surface area contributed by atoms with Crippen molar-refractivity contribution in [2.45, 2.75) is 25.8 Å². The van der Waals surface area contributed by atoms with E-state index in [9.17, 15) is 9.59 Å². The number of fused-ring (bicyclic) bond motifs is 1. The molecule has 2 aliphatic rings. The summed E-state index contributed by atoms with van der Waals surface area (Å²) in [5.74, 6) is -0.325. The number of piperidine rings is 1. The SMILES string of the molecule is COc1cc2c(cc1Br)/C(=C/Nc1ccc(CN3CCCCC3)cc1)C(=O)NC2=O. The summed E-state index contributed by atoms with van der Waals surface area (Å²) >= 11 is 3.43. The van der Waals surface area contributed by atoms with Crippen molar-refractivity contribution in [1.82, 2.24) is 10.2 Å². The molecule has 0 atom stereocenters. The summed E-state index contributed by atoms with van der Waals surface area (Å²) in [5, 5.41) is 5.57. The predicted molar refractivity (Wildman–Crippen MR) is 120 cm³/mol. The van der Waals surface area contributed by atoms with Gasteiger partial charge in [-0.2, -0.15) is 0 Å². The fraction of sp³-hybridized carbons (Fsp3) is 0.304. The summed E-state index contributed by atoms with van der Waals surface area (Å²) in [6.07, 6.45) is 5.53. The van der Waals surface area contributed by atoms with Crippen LogP contribution in [0.2, 0.25) is 0 Å². The van der Waals surface area contributed by atoms with E-state index in [1.165, 1.54) is 45.0 Å². The maximum absolute atomic E-state index is 12.4. The van der Waals surface area contributed by atoms with Gasteiger partial charge >= 0.3 is 0 Å². The van der Waals surface area contributed by atoms with Gasteiger partial charge < -0.3 is 10.1 Å². The number of halogens is 1. The van der Waals surface area contributed by atoms with E-state index < -0.39 is 11.8 Å². The average Bonchev–Trinajstić information content (AvgIpc) is 2.75. The summed E-state index contributed by atoms with van der Waals surface area (Å²) in [6, 6.07) is 11.6. The van der Waals surface area contributed by atoms with Gasteiger partial charge in [0.05, 0.1) is 22.7 Å². The number of methoxy groups -OCH3 is 1. The van der Waals surface area contributed by atoms with E-state index in [4.69, 9.17) is 4.74 Å². The van der Waals surface area contributed by atoms with Crippen molar-refractivity contribution in [2.24, 2.45) is 0 Å². The molecular weight excluding hydrogens is 446 g/mol. The molecule has 0 aromatic heterocycles. The monoisotopic (exact) mass is 469 g/mol. The van der Waals surface area contributed by atoms with Crippen LogP contribution in [0.5, 0.6) is 5.75 Å². The molecule has 0 bridgehead atoms. The maximum Gasteiger partial charge on any atom is 0.260 e. The molecule has 0 spiro atoms. The second-order valence-corrected chi connectivity index (χ2v) is 8.41. The fourth-order valence-electron chi connectivity index (χ4n) is 3.86. The van der Waals surface area contributed by atoms with E-state index in [-0.39, 0.29) is 0 Å². The standard InChI is InChI=1S/C23H24BrN3O3/c1-30-21-12-18-17(11-20(21)24)19(23(29)26-22(18)28)13-25-16-7-5-15(6-8-16)14-27-9-3-2-4-10-27/h5-8,11-13,25H,2-4,9-10,14H2,1H3,(H,26,28,29)/b19-13-. The molecule has 1 fully saturated rings. The van der Waals surface area contributed by atoms with Crippen LogP contribution in [0.3, 0.4) is 0 Å². The van der Waals surface area contributed by atoms with Gasteiger partial charge in [0.2, 0.25) is 0 Å². The fourth-order valence-corrected chi connectivity index (χ4v) is 4.37. The van der Waals surface area contributed by atoms with Crippen LogP contribution in [-0.2, 0) is 11.3 Å². The number of ether oxygens (including phenoxy) is 1. The van der Waals surface area contributed by atoms with Crippen molar-refractivity contribution in [3.05, 3.63) is 63.8 Å². The number of benzene rings is 2. The summed E-state index contributed by atoms with van der Waals surface area (Å²) in [7, 11) is 1.53. The topological polar surface area (TPSA) is 70.7 Å². The lowest BCUT2D eigenvalue weighted by Gasteiger charge is -2.26. The molecule has 2 amide bonds. The Hall–Kier alpha value is -2.64. The summed E-state index contributed by atoms with van der Waals surface area (Å²) < 4.78 is 5.95. The highest BCUT2D eigenvalue weighted by molar-refractivity contribution is 9.10. The van der Waals surface area contributed by atoms with Crippen molar-refractivity contribution >= 4 is 39.0 Å². The Morgan fingerprint density at radius 2 is 1.80 bits per heavy atom. The van der Waals surface area contributed by atoms with Crippen molar-refractivity contribution in [3.63, 3.8) is 0 Å². The van der Waals surface area contributed by atoms with Gasteiger partial charge in [0.15, 0.2) is 0 Å². The van der Waals surface area contributed by atoms with Gasteiger partial charge in [-0.3, -0.25) is 19.8 Å². The van der Waals surface area contributed by atoms with E-state index in [0.717, 1.165) is 12.2 Å². The smallest absolute Gasteiger partial charge is 0.260 e. The molecule has 0 saturated carbocycles. The van der Waals surface area contributed by atoms with Gasteiger partial charge in [-0.1, -0.05) is 18.6 Å². The third kappa shape index (κ3) is 4.42. The average molecular weight is 470 g/mol. The molecule has 30 heavy (non-hydrogen) atoms. The van der Waals surface area contributed by atoms with Crippen LogP contribution in [0, 0.1) is 0 Å². The van der Waals surface area contributed by atoms with Gasteiger partial charge in [0.25, 0.3) is 11.8 Å². The molecule has 0 aliphatic carbocycles.